The molecule has 2 atom stereocenters. The van der Waals surface area contributed by atoms with Crippen molar-refractivity contribution in [1.29, 1.82) is 0 Å². The molecule has 0 bridgehead atoms. The molecule has 0 aliphatic carbocycles. The van der Waals surface area contributed by atoms with Gasteiger partial charge in [-0.3, -0.25) is 9.59 Å². The van der Waals surface area contributed by atoms with Gasteiger partial charge < -0.3 is 15.7 Å². The van der Waals surface area contributed by atoms with E-state index >= 15 is 0 Å². The molecule has 0 fully saturated rings. The predicted octanol–water partition coefficient (Wildman–Crippen LogP) is -0.180. The van der Waals surface area contributed by atoms with Crippen LogP contribution < -0.4 is 5.73 Å². The summed E-state index contributed by atoms with van der Waals surface area (Å²) in [5.41, 5.74) is 4.88. The molecule has 0 aromatic carbocycles. The average molecular weight is 230 g/mol. The van der Waals surface area contributed by atoms with Crippen molar-refractivity contribution in [3.05, 3.63) is 0 Å². The number of likely N-dealkylation sites (N-methyl/N-ethyl adjacent to an activating group) is 1. The molecule has 6 heteroatoms. The second-order valence-electron chi connectivity index (χ2n) is 3.82. The summed E-state index contributed by atoms with van der Waals surface area (Å²) in [5.74, 6) is -2.58. The monoisotopic (exact) mass is 230 g/mol. The lowest BCUT2D eigenvalue weighted by Gasteiger charge is -2.28. The normalized spacial score (nSPS) is 13.9. The van der Waals surface area contributed by atoms with Crippen LogP contribution in [0.1, 0.15) is 26.7 Å². The van der Waals surface area contributed by atoms with Crippen molar-refractivity contribution in [1.82, 2.24) is 4.90 Å². The van der Waals surface area contributed by atoms with E-state index in [0.29, 0.717) is 6.42 Å². The van der Waals surface area contributed by atoms with Gasteiger partial charge in [0.1, 0.15) is 12.5 Å². The zero-order valence-corrected chi connectivity index (χ0v) is 9.77. The summed E-state index contributed by atoms with van der Waals surface area (Å²) in [4.78, 5) is 34.1. The van der Waals surface area contributed by atoms with E-state index in [0.717, 1.165) is 4.90 Å². The molecule has 92 valence electrons. The van der Waals surface area contributed by atoms with Crippen LogP contribution in [-0.2, 0) is 14.4 Å². The highest BCUT2D eigenvalue weighted by molar-refractivity contribution is 5.97. The van der Waals surface area contributed by atoms with Gasteiger partial charge in [-0.15, -0.1) is 0 Å². The number of hydrogen-bond donors (Lipinski definition) is 2. The van der Waals surface area contributed by atoms with Crippen molar-refractivity contribution < 1.29 is 19.5 Å². The standard InChI is InChI=1S/C10H18N2O4/c1-4-6(2)9(10(15)16)12(3)8(14)5-7(11)13/h6,9H,4-5H2,1-3H3,(H2,11,13)(H,15,16)/t6-,9-/m0/s1. The van der Waals surface area contributed by atoms with Crippen molar-refractivity contribution in [2.24, 2.45) is 11.7 Å². The SMILES string of the molecule is CC[C@H](C)[C@@H](C(=O)O)N(C)C(=O)CC(N)=O. The number of nitrogens with two attached hydrogens (primary N) is 1. The third-order valence-electron chi connectivity index (χ3n) is 2.57. The second-order valence-corrected chi connectivity index (χ2v) is 3.82. The minimum Gasteiger partial charge on any atom is -0.480 e. The number of aliphatic carboxylic acids is 1. The van der Waals surface area contributed by atoms with Crippen molar-refractivity contribution in [2.45, 2.75) is 32.7 Å². The van der Waals surface area contributed by atoms with Crippen LogP contribution in [0.25, 0.3) is 0 Å². The van der Waals surface area contributed by atoms with Crippen LogP contribution in [0, 0.1) is 5.92 Å². The third kappa shape index (κ3) is 3.88. The number of carboxylic acids is 1. The second kappa shape index (κ2) is 6.09. The largest absolute Gasteiger partial charge is 0.480 e. The van der Waals surface area contributed by atoms with E-state index in [4.69, 9.17) is 10.8 Å². The zero-order valence-electron chi connectivity index (χ0n) is 9.77. The summed E-state index contributed by atoms with van der Waals surface area (Å²) in [7, 11) is 1.37. The Hall–Kier alpha value is -1.59. The number of carbonyl (C=O) groups excluding carboxylic acids is 2. The van der Waals surface area contributed by atoms with Crippen molar-refractivity contribution in [2.75, 3.05) is 7.05 Å². The zero-order chi connectivity index (χ0) is 12.9. The molecule has 3 N–H and O–H groups in total. The molecule has 0 rings (SSSR count). The molecule has 0 aromatic heterocycles. The summed E-state index contributed by atoms with van der Waals surface area (Å²) in [5, 5.41) is 9.02. The fraction of sp³-hybridized carbons (Fsp3) is 0.700. The maximum atomic E-state index is 11.5. The van der Waals surface area contributed by atoms with Crippen LogP contribution in [0.4, 0.5) is 0 Å². The first-order chi connectivity index (χ1) is 7.31. The van der Waals surface area contributed by atoms with Crippen LogP contribution in [-0.4, -0.2) is 40.9 Å². The van der Waals surface area contributed by atoms with Gasteiger partial charge in [0.15, 0.2) is 0 Å². The van der Waals surface area contributed by atoms with Crippen LogP contribution >= 0.6 is 0 Å². The Labute approximate surface area is 94.4 Å². The lowest BCUT2D eigenvalue weighted by Crippen LogP contribution is -2.47. The van der Waals surface area contributed by atoms with Gasteiger partial charge >= 0.3 is 5.97 Å². The fourth-order valence-electron chi connectivity index (χ4n) is 1.44. The number of hydrogen-bond acceptors (Lipinski definition) is 3. The Morgan fingerprint density at radius 3 is 2.19 bits per heavy atom. The van der Waals surface area contributed by atoms with E-state index in [2.05, 4.69) is 0 Å². The maximum absolute atomic E-state index is 11.5. The maximum Gasteiger partial charge on any atom is 0.326 e. The summed E-state index contributed by atoms with van der Waals surface area (Å²) in [6.07, 6.45) is 0.169. The summed E-state index contributed by atoms with van der Waals surface area (Å²) < 4.78 is 0. The van der Waals surface area contributed by atoms with E-state index in [1.165, 1.54) is 7.05 Å². The van der Waals surface area contributed by atoms with Crippen LogP contribution in [0.3, 0.4) is 0 Å². The lowest BCUT2D eigenvalue weighted by molar-refractivity contribution is -0.152. The molecule has 0 heterocycles. The fourth-order valence-corrected chi connectivity index (χ4v) is 1.44. The molecule has 0 aromatic rings. The molecule has 0 spiro atoms. The number of carbonyl (C=O) groups is 3. The molecule has 0 unspecified atom stereocenters. The number of rotatable bonds is 6. The topological polar surface area (TPSA) is 101 Å². The van der Waals surface area contributed by atoms with E-state index in [-0.39, 0.29) is 5.92 Å². The van der Waals surface area contributed by atoms with Gasteiger partial charge in [0.2, 0.25) is 11.8 Å². The van der Waals surface area contributed by atoms with Crippen LogP contribution in [0.2, 0.25) is 0 Å². The highest BCUT2D eigenvalue weighted by Gasteiger charge is 2.31. The van der Waals surface area contributed by atoms with E-state index in [1.54, 1.807) is 6.92 Å². The highest BCUT2D eigenvalue weighted by atomic mass is 16.4. The van der Waals surface area contributed by atoms with Gasteiger partial charge in [-0.1, -0.05) is 20.3 Å². The van der Waals surface area contributed by atoms with Crippen molar-refractivity contribution in [3.63, 3.8) is 0 Å². The molecule has 0 radical (unpaired) electrons. The number of primary amides is 1. The summed E-state index contributed by atoms with van der Waals surface area (Å²) in [6, 6.07) is -0.920. The van der Waals surface area contributed by atoms with E-state index in [9.17, 15) is 14.4 Å². The Morgan fingerprint density at radius 2 is 1.88 bits per heavy atom. The van der Waals surface area contributed by atoms with Gasteiger partial charge in [0.05, 0.1) is 0 Å². The Bertz CT molecular complexity index is 291. The Morgan fingerprint density at radius 1 is 1.38 bits per heavy atom. The van der Waals surface area contributed by atoms with Gasteiger partial charge in [0, 0.05) is 7.05 Å². The first-order valence-corrected chi connectivity index (χ1v) is 5.08. The highest BCUT2D eigenvalue weighted by Crippen LogP contribution is 2.14. The van der Waals surface area contributed by atoms with Gasteiger partial charge in [-0.2, -0.15) is 0 Å². The van der Waals surface area contributed by atoms with Gasteiger partial charge in [-0.25, -0.2) is 4.79 Å². The van der Waals surface area contributed by atoms with Gasteiger partial charge in [0.25, 0.3) is 0 Å². The van der Waals surface area contributed by atoms with E-state index < -0.39 is 30.2 Å². The average Bonchev–Trinajstić information content (AvgIpc) is 2.15. The molecular weight excluding hydrogens is 212 g/mol. The molecule has 2 amide bonds. The Kier molecular flexibility index (Phi) is 5.49. The quantitative estimate of drug-likeness (QED) is 0.618. The summed E-state index contributed by atoms with van der Waals surface area (Å²) >= 11 is 0. The first kappa shape index (κ1) is 14.4. The van der Waals surface area contributed by atoms with E-state index in [1.807, 2.05) is 6.92 Å². The molecule has 0 aliphatic heterocycles. The minimum atomic E-state index is -1.07. The molecule has 6 nitrogen and oxygen atoms in total. The Balaban J connectivity index is 4.74. The molecule has 0 aliphatic rings. The van der Waals surface area contributed by atoms with Crippen molar-refractivity contribution in [3.8, 4) is 0 Å². The first-order valence-electron chi connectivity index (χ1n) is 5.08. The molecule has 0 saturated heterocycles. The van der Waals surface area contributed by atoms with Crippen molar-refractivity contribution >= 4 is 17.8 Å². The summed E-state index contributed by atoms with van der Waals surface area (Å²) in [6.45, 7) is 3.58. The van der Waals surface area contributed by atoms with Crippen LogP contribution in [0.15, 0.2) is 0 Å². The third-order valence-corrected chi connectivity index (χ3v) is 2.57. The molecule has 16 heavy (non-hydrogen) atoms. The number of amides is 2. The van der Waals surface area contributed by atoms with Crippen LogP contribution in [0.5, 0.6) is 0 Å². The molecule has 0 saturated carbocycles. The number of nitrogens with zero attached hydrogens (tertiary/aromatic N) is 1. The lowest BCUT2D eigenvalue weighted by atomic mass is 9.98. The number of carboxylic acid groups (broad SMARTS) is 1. The molecular formula is C10H18N2O4. The van der Waals surface area contributed by atoms with Gasteiger partial charge in [-0.05, 0) is 5.92 Å². The smallest absolute Gasteiger partial charge is 0.326 e. The predicted molar refractivity (Wildman–Crippen MR) is 57.5 cm³/mol. The minimum absolute atomic E-state index is 0.181.